The first-order chi connectivity index (χ1) is 14.4. The van der Waals surface area contributed by atoms with Crippen molar-refractivity contribution in [1.29, 1.82) is 0 Å². The van der Waals surface area contributed by atoms with E-state index in [9.17, 15) is 4.79 Å². The Labute approximate surface area is 179 Å². The highest BCUT2D eigenvalue weighted by Gasteiger charge is 2.58. The molecule has 4 saturated carbocycles. The zero-order chi connectivity index (χ0) is 21.0. The van der Waals surface area contributed by atoms with Gasteiger partial charge in [-0.25, -0.2) is 0 Å². The van der Waals surface area contributed by atoms with Crippen molar-refractivity contribution in [3.05, 3.63) is 58.7 Å². The summed E-state index contributed by atoms with van der Waals surface area (Å²) in [7, 11) is 1.75. The van der Waals surface area contributed by atoms with Crippen LogP contribution in [0.15, 0.2) is 36.4 Å². The van der Waals surface area contributed by atoms with Crippen LogP contribution in [0.1, 0.15) is 61.3 Å². The van der Waals surface area contributed by atoms with Gasteiger partial charge in [-0.15, -0.1) is 0 Å². The Balaban J connectivity index is 1.68. The molecule has 4 aliphatic rings. The summed E-state index contributed by atoms with van der Waals surface area (Å²) < 4.78 is 11.0. The van der Waals surface area contributed by atoms with Gasteiger partial charge >= 0.3 is 5.97 Å². The molecule has 0 saturated heterocycles. The average molecular weight is 405 g/mol. The van der Waals surface area contributed by atoms with E-state index in [2.05, 4.69) is 44.2 Å². The number of aryl methyl sites for hydroxylation is 2. The van der Waals surface area contributed by atoms with Gasteiger partial charge in [0.2, 0.25) is 0 Å². The molecular weight excluding hydrogens is 372 g/mol. The third-order valence-corrected chi connectivity index (χ3v) is 8.20. The molecule has 0 amide bonds. The standard InChI is InChI=1S/C27H32O3/c1-16-9-21(5-7-25(16)29-4)27(22-6-8-26(17(2)10-22)30-18(3)28)23-12-19-11-20(14-23)15-24(27)13-19/h5-10,19-20,23-24H,11-15H2,1-4H3. The normalized spacial score (nSPS) is 31.6. The maximum absolute atomic E-state index is 11.5. The van der Waals surface area contributed by atoms with Crippen molar-refractivity contribution in [2.24, 2.45) is 23.7 Å². The number of benzene rings is 2. The maximum Gasteiger partial charge on any atom is 0.308 e. The van der Waals surface area contributed by atoms with Crippen molar-refractivity contribution in [3.8, 4) is 11.5 Å². The Kier molecular flexibility index (Phi) is 4.68. The lowest BCUT2D eigenvalue weighted by Gasteiger charge is -2.62. The summed E-state index contributed by atoms with van der Waals surface area (Å²) in [6, 6.07) is 13.4. The number of carbonyl (C=O) groups excluding carboxylic acids is 1. The minimum Gasteiger partial charge on any atom is -0.496 e. The van der Waals surface area contributed by atoms with E-state index in [-0.39, 0.29) is 11.4 Å². The first kappa shape index (κ1) is 19.7. The fraction of sp³-hybridized carbons (Fsp3) is 0.519. The third-order valence-electron chi connectivity index (χ3n) is 8.20. The predicted molar refractivity (Wildman–Crippen MR) is 118 cm³/mol. The summed E-state index contributed by atoms with van der Waals surface area (Å²) in [6.45, 7) is 5.68. The summed E-state index contributed by atoms with van der Waals surface area (Å²) in [5.74, 6) is 4.54. The molecule has 4 aliphatic carbocycles. The van der Waals surface area contributed by atoms with Crippen LogP contribution in [0.25, 0.3) is 0 Å². The first-order valence-corrected chi connectivity index (χ1v) is 11.4. The summed E-state index contributed by atoms with van der Waals surface area (Å²) in [5, 5.41) is 0. The molecule has 0 aromatic heterocycles. The Morgan fingerprint density at radius 2 is 1.33 bits per heavy atom. The number of rotatable bonds is 4. The van der Waals surface area contributed by atoms with E-state index in [0.717, 1.165) is 23.1 Å². The summed E-state index contributed by atoms with van der Waals surface area (Å²) in [6.07, 6.45) is 6.78. The van der Waals surface area contributed by atoms with Crippen molar-refractivity contribution in [2.75, 3.05) is 7.11 Å². The van der Waals surface area contributed by atoms with Crippen LogP contribution in [0.3, 0.4) is 0 Å². The fourth-order valence-electron chi connectivity index (χ4n) is 7.35. The fourth-order valence-corrected chi connectivity index (χ4v) is 7.35. The van der Waals surface area contributed by atoms with Gasteiger partial charge in [-0.05, 0) is 104 Å². The zero-order valence-electron chi connectivity index (χ0n) is 18.5. The Morgan fingerprint density at radius 3 is 1.77 bits per heavy atom. The van der Waals surface area contributed by atoms with Crippen LogP contribution in [0.4, 0.5) is 0 Å². The Hall–Kier alpha value is -2.29. The molecule has 6 rings (SSSR count). The minimum absolute atomic E-state index is 0.0456. The summed E-state index contributed by atoms with van der Waals surface area (Å²) >= 11 is 0. The lowest BCUT2D eigenvalue weighted by molar-refractivity contribution is -0.131. The van der Waals surface area contributed by atoms with E-state index in [4.69, 9.17) is 9.47 Å². The van der Waals surface area contributed by atoms with Gasteiger partial charge in [0.1, 0.15) is 11.5 Å². The zero-order valence-corrected chi connectivity index (χ0v) is 18.5. The van der Waals surface area contributed by atoms with E-state index >= 15 is 0 Å². The minimum atomic E-state index is -0.263. The second-order valence-electron chi connectivity index (χ2n) is 9.93. The Bertz CT molecular complexity index is 962. The van der Waals surface area contributed by atoms with Crippen LogP contribution in [-0.4, -0.2) is 13.1 Å². The predicted octanol–water partition coefficient (Wildman–Crippen LogP) is 5.98. The van der Waals surface area contributed by atoms with Gasteiger partial charge in [-0.2, -0.15) is 0 Å². The number of hydrogen-bond acceptors (Lipinski definition) is 3. The number of esters is 1. The van der Waals surface area contributed by atoms with E-state index in [0.29, 0.717) is 17.6 Å². The van der Waals surface area contributed by atoms with Crippen molar-refractivity contribution in [2.45, 2.75) is 58.3 Å². The summed E-state index contributed by atoms with van der Waals surface area (Å²) in [4.78, 5) is 11.5. The van der Waals surface area contributed by atoms with Gasteiger partial charge in [0.25, 0.3) is 0 Å². The number of methoxy groups -OCH3 is 1. The molecule has 0 spiro atoms. The van der Waals surface area contributed by atoms with E-state index in [1.807, 2.05) is 6.07 Å². The topological polar surface area (TPSA) is 35.5 Å². The van der Waals surface area contributed by atoms with Crippen LogP contribution in [0.2, 0.25) is 0 Å². The third kappa shape index (κ3) is 2.89. The number of carbonyl (C=O) groups is 1. The summed E-state index contributed by atoms with van der Waals surface area (Å²) in [5.41, 5.74) is 5.13. The molecule has 158 valence electrons. The maximum atomic E-state index is 11.5. The van der Waals surface area contributed by atoms with E-state index in [1.54, 1.807) is 7.11 Å². The van der Waals surface area contributed by atoms with Crippen LogP contribution in [0.5, 0.6) is 11.5 Å². The van der Waals surface area contributed by atoms with E-state index in [1.165, 1.54) is 55.7 Å². The smallest absolute Gasteiger partial charge is 0.308 e. The molecule has 4 bridgehead atoms. The van der Waals surface area contributed by atoms with Crippen molar-refractivity contribution >= 4 is 5.97 Å². The van der Waals surface area contributed by atoms with Crippen LogP contribution in [-0.2, 0) is 10.2 Å². The molecule has 0 unspecified atom stereocenters. The molecule has 0 heterocycles. The van der Waals surface area contributed by atoms with Gasteiger partial charge in [-0.3, -0.25) is 4.79 Å². The monoisotopic (exact) mass is 404 g/mol. The number of ether oxygens (including phenoxy) is 2. The lowest BCUT2D eigenvalue weighted by atomic mass is 9.42. The average Bonchev–Trinajstić information content (AvgIpc) is 2.69. The quantitative estimate of drug-likeness (QED) is 0.464. The molecule has 0 aliphatic heterocycles. The van der Waals surface area contributed by atoms with Crippen molar-refractivity contribution in [1.82, 2.24) is 0 Å². The Morgan fingerprint density at radius 1 is 0.833 bits per heavy atom. The number of hydrogen-bond donors (Lipinski definition) is 0. The second-order valence-corrected chi connectivity index (χ2v) is 9.93. The second kappa shape index (κ2) is 7.14. The van der Waals surface area contributed by atoms with Crippen LogP contribution < -0.4 is 9.47 Å². The van der Waals surface area contributed by atoms with Crippen molar-refractivity contribution < 1.29 is 14.3 Å². The molecule has 0 radical (unpaired) electrons. The molecular formula is C27H32O3. The molecule has 3 nitrogen and oxygen atoms in total. The van der Waals surface area contributed by atoms with Gasteiger partial charge in [0, 0.05) is 12.3 Å². The first-order valence-electron chi connectivity index (χ1n) is 11.4. The van der Waals surface area contributed by atoms with Gasteiger partial charge < -0.3 is 9.47 Å². The molecule has 0 atom stereocenters. The van der Waals surface area contributed by atoms with Crippen molar-refractivity contribution in [3.63, 3.8) is 0 Å². The molecule has 4 fully saturated rings. The molecule has 0 N–H and O–H groups in total. The highest BCUT2D eigenvalue weighted by Crippen LogP contribution is 2.65. The van der Waals surface area contributed by atoms with Gasteiger partial charge in [0.15, 0.2) is 0 Å². The highest BCUT2D eigenvalue weighted by molar-refractivity contribution is 5.70. The molecule has 3 heteroatoms. The van der Waals surface area contributed by atoms with Gasteiger partial charge in [0.05, 0.1) is 7.11 Å². The lowest BCUT2D eigenvalue weighted by Crippen LogP contribution is -2.56. The van der Waals surface area contributed by atoms with Crippen LogP contribution in [0, 0.1) is 37.5 Å². The van der Waals surface area contributed by atoms with Crippen LogP contribution >= 0.6 is 0 Å². The van der Waals surface area contributed by atoms with E-state index < -0.39 is 0 Å². The van der Waals surface area contributed by atoms with Gasteiger partial charge in [-0.1, -0.05) is 24.3 Å². The molecule has 30 heavy (non-hydrogen) atoms. The highest BCUT2D eigenvalue weighted by atomic mass is 16.5. The SMILES string of the molecule is COc1ccc(C2(c3ccc(OC(C)=O)c(C)c3)C3CC4CC(C3)CC2C4)cc1C. The largest absolute Gasteiger partial charge is 0.496 e. The molecule has 2 aromatic rings. The molecule has 2 aromatic carbocycles.